The first-order valence-electron chi connectivity index (χ1n) is 9.75. The van der Waals surface area contributed by atoms with Crippen LogP contribution >= 0.6 is 11.6 Å². The maximum atomic E-state index is 12.5. The summed E-state index contributed by atoms with van der Waals surface area (Å²) in [5.41, 5.74) is 2.34. The third kappa shape index (κ3) is 4.18. The molecular weight excluding hydrogens is 406 g/mol. The van der Waals surface area contributed by atoms with Crippen molar-refractivity contribution >= 4 is 23.2 Å². The molecule has 0 unspecified atom stereocenters. The van der Waals surface area contributed by atoms with Gasteiger partial charge in [-0.15, -0.1) is 0 Å². The number of hydrogen-bond acceptors (Lipinski definition) is 5. The van der Waals surface area contributed by atoms with Gasteiger partial charge in [-0.3, -0.25) is 24.6 Å². The molecule has 2 aromatic heterocycles. The number of nitrogens with zero attached hydrogens (tertiary/aromatic N) is 4. The Hall–Kier alpha value is -3.26. The fourth-order valence-corrected chi connectivity index (χ4v) is 3.92. The third-order valence-corrected chi connectivity index (χ3v) is 5.54. The number of nitro benzene ring substituents is 1. The number of pyridine rings is 1. The van der Waals surface area contributed by atoms with Crippen molar-refractivity contribution in [1.82, 2.24) is 20.1 Å². The van der Waals surface area contributed by atoms with Crippen LogP contribution < -0.4 is 5.32 Å². The van der Waals surface area contributed by atoms with E-state index in [4.69, 9.17) is 16.7 Å². The van der Waals surface area contributed by atoms with Crippen molar-refractivity contribution in [2.75, 3.05) is 0 Å². The number of carbonyl (C=O) groups excluding carboxylic acids is 1. The van der Waals surface area contributed by atoms with Crippen LogP contribution in [0.3, 0.4) is 0 Å². The minimum Gasteiger partial charge on any atom is -0.346 e. The first-order chi connectivity index (χ1) is 14.5. The van der Waals surface area contributed by atoms with Crippen LogP contribution in [0, 0.1) is 10.1 Å². The van der Waals surface area contributed by atoms with Crippen molar-refractivity contribution in [2.45, 2.75) is 38.3 Å². The molecule has 1 saturated carbocycles. The van der Waals surface area contributed by atoms with Gasteiger partial charge in [0.25, 0.3) is 11.6 Å². The summed E-state index contributed by atoms with van der Waals surface area (Å²) in [6, 6.07) is 12.0. The summed E-state index contributed by atoms with van der Waals surface area (Å²) in [7, 11) is 0. The molecule has 0 radical (unpaired) electrons. The second-order valence-electron chi connectivity index (χ2n) is 7.22. The molecule has 1 fully saturated rings. The van der Waals surface area contributed by atoms with E-state index in [0.717, 1.165) is 24.2 Å². The van der Waals surface area contributed by atoms with E-state index in [0.29, 0.717) is 11.7 Å². The summed E-state index contributed by atoms with van der Waals surface area (Å²) in [5, 5.41) is 18.5. The molecular formula is C21H20ClN5O3. The first-order valence-corrected chi connectivity index (χ1v) is 10.1. The third-order valence-electron chi connectivity index (χ3n) is 5.22. The average molecular weight is 426 g/mol. The number of benzene rings is 1. The van der Waals surface area contributed by atoms with Crippen molar-refractivity contribution in [1.29, 1.82) is 0 Å². The molecule has 0 atom stereocenters. The highest BCUT2D eigenvalue weighted by atomic mass is 35.5. The monoisotopic (exact) mass is 425 g/mol. The van der Waals surface area contributed by atoms with E-state index in [1.54, 1.807) is 6.20 Å². The molecule has 30 heavy (non-hydrogen) atoms. The average Bonchev–Trinajstić information content (AvgIpc) is 3.42. The summed E-state index contributed by atoms with van der Waals surface area (Å²) < 4.78 is 2.02. The van der Waals surface area contributed by atoms with Gasteiger partial charge in [0.15, 0.2) is 0 Å². The Balaban J connectivity index is 1.54. The maximum absolute atomic E-state index is 12.5. The van der Waals surface area contributed by atoms with Crippen molar-refractivity contribution in [3.05, 3.63) is 75.1 Å². The van der Waals surface area contributed by atoms with E-state index in [2.05, 4.69) is 10.3 Å². The van der Waals surface area contributed by atoms with E-state index in [9.17, 15) is 14.9 Å². The molecule has 1 amide bonds. The lowest BCUT2D eigenvalue weighted by molar-refractivity contribution is -0.384. The Kier molecular flexibility index (Phi) is 5.76. The predicted molar refractivity (Wildman–Crippen MR) is 112 cm³/mol. The van der Waals surface area contributed by atoms with Crippen LogP contribution in [0.2, 0.25) is 5.02 Å². The highest BCUT2D eigenvalue weighted by Crippen LogP contribution is 2.33. The van der Waals surface area contributed by atoms with Gasteiger partial charge in [-0.05, 0) is 43.2 Å². The lowest BCUT2D eigenvalue weighted by Crippen LogP contribution is -2.23. The lowest BCUT2D eigenvalue weighted by Gasteiger charge is -2.13. The number of aromatic nitrogens is 3. The van der Waals surface area contributed by atoms with Gasteiger partial charge in [-0.2, -0.15) is 5.10 Å². The molecule has 1 aliphatic rings. The highest BCUT2D eigenvalue weighted by molar-refractivity contribution is 6.32. The Morgan fingerprint density at radius 1 is 1.23 bits per heavy atom. The Morgan fingerprint density at radius 3 is 2.73 bits per heavy atom. The largest absolute Gasteiger partial charge is 0.346 e. The topological polar surface area (TPSA) is 103 Å². The molecule has 8 nitrogen and oxygen atoms in total. The van der Waals surface area contributed by atoms with Crippen molar-refractivity contribution < 1.29 is 9.72 Å². The summed E-state index contributed by atoms with van der Waals surface area (Å²) in [5.74, 6) is -0.426. The minimum atomic E-state index is -0.610. The van der Waals surface area contributed by atoms with Gasteiger partial charge in [0, 0.05) is 17.8 Å². The molecule has 1 N–H and O–H groups in total. The van der Waals surface area contributed by atoms with Crippen LogP contribution in [0.1, 0.15) is 47.8 Å². The molecule has 0 aliphatic heterocycles. The maximum Gasteiger partial charge on any atom is 0.288 e. The molecule has 154 valence electrons. The Morgan fingerprint density at radius 2 is 2.03 bits per heavy atom. The van der Waals surface area contributed by atoms with E-state index < -0.39 is 10.8 Å². The van der Waals surface area contributed by atoms with Gasteiger partial charge in [0.05, 0.1) is 34.6 Å². The van der Waals surface area contributed by atoms with Gasteiger partial charge < -0.3 is 5.32 Å². The first kappa shape index (κ1) is 20.0. The zero-order valence-electron chi connectivity index (χ0n) is 16.1. The van der Waals surface area contributed by atoms with E-state index in [-0.39, 0.29) is 22.8 Å². The summed E-state index contributed by atoms with van der Waals surface area (Å²) >= 11 is 5.82. The van der Waals surface area contributed by atoms with Crippen LogP contribution in [-0.2, 0) is 6.54 Å². The quantitative estimate of drug-likeness (QED) is 0.461. The minimum absolute atomic E-state index is 0.00754. The number of rotatable bonds is 6. The molecule has 1 aliphatic carbocycles. The fourth-order valence-electron chi connectivity index (χ4n) is 3.73. The Labute approximate surface area is 178 Å². The van der Waals surface area contributed by atoms with Crippen LogP contribution in [-0.4, -0.2) is 25.6 Å². The molecule has 0 bridgehead atoms. The number of hydrogen-bond donors (Lipinski definition) is 1. The molecule has 2 heterocycles. The molecule has 9 heteroatoms. The molecule has 3 aromatic rings. The summed E-state index contributed by atoms with van der Waals surface area (Å²) in [4.78, 5) is 27.4. The van der Waals surface area contributed by atoms with E-state index in [1.165, 1.54) is 31.0 Å². The van der Waals surface area contributed by atoms with Crippen LogP contribution in [0.25, 0.3) is 11.4 Å². The smallest absolute Gasteiger partial charge is 0.288 e. The van der Waals surface area contributed by atoms with Gasteiger partial charge in [-0.1, -0.05) is 30.5 Å². The van der Waals surface area contributed by atoms with Crippen LogP contribution in [0.4, 0.5) is 5.69 Å². The number of nitro groups is 1. The SMILES string of the molecule is O=C(NCc1cc(-c2ccccn2)n(C2CCCC2)n1)c1ccc(Cl)c([N+](=O)[O-])c1. The molecule has 0 saturated heterocycles. The van der Waals surface area contributed by atoms with E-state index >= 15 is 0 Å². The summed E-state index contributed by atoms with van der Waals surface area (Å²) in [6.45, 7) is 0.203. The van der Waals surface area contributed by atoms with Gasteiger partial charge in [-0.25, -0.2) is 0 Å². The molecule has 4 rings (SSSR count). The summed E-state index contributed by atoms with van der Waals surface area (Å²) in [6.07, 6.45) is 6.24. The van der Waals surface area contributed by atoms with Crippen molar-refractivity contribution in [3.8, 4) is 11.4 Å². The zero-order valence-corrected chi connectivity index (χ0v) is 16.9. The van der Waals surface area contributed by atoms with Crippen molar-refractivity contribution in [2.24, 2.45) is 0 Å². The van der Waals surface area contributed by atoms with Crippen LogP contribution in [0.5, 0.6) is 0 Å². The second-order valence-corrected chi connectivity index (χ2v) is 7.63. The standard InChI is InChI=1S/C21H20ClN5O3/c22-17-9-8-14(11-19(17)27(29)30)21(28)24-13-15-12-20(18-7-3-4-10-23-18)26(25-15)16-5-1-2-6-16/h3-4,7-12,16H,1-2,5-6,13H2,(H,24,28). The highest BCUT2D eigenvalue weighted by Gasteiger charge is 2.23. The molecule has 1 aromatic carbocycles. The lowest BCUT2D eigenvalue weighted by atomic mass is 10.2. The predicted octanol–water partition coefficient (Wildman–Crippen LogP) is 4.55. The van der Waals surface area contributed by atoms with Gasteiger partial charge >= 0.3 is 0 Å². The number of amides is 1. The number of nitrogens with one attached hydrogen (secondary N) is 1. The fraction of sp³-hybridized carbons (Fsp3) is 0.286. The van der Waals surface area contributed by atoms with Gasteiger partial charge in [0.2, 0.25) is 0 Å². The number of carbonyl (C=O) groups is 1. The van der Waals surface area contributed by atoms with Crippen molar-refractivity contribution in [3.63, 3.8) is 0 Å². The van der Waals surface area contributed by atoms with Gasteiger partial charge in [0.1, 0.15) is 5.02 Å². The normalized spacial score (nSPS) is 14.0. The number of halogens is 1. The second kappa shape index (κ2) is 8.62. The van der Waals surface area contributed by atoms with Crippen LogP contribution in [0.15, 0.2) is 48.7 Å². The molecule has 0 spiro atoms. The van der Waals surface area contributed by atoms with E-state index in [1.807, 2.05) is 28.9 Å². The Bertz CT molecular complexity index is 1080. The zero-order chi connectivity index (χ0) is 21.1.